The zero-order valence-electron chi connectivity index (χ0n) is 8.74. The summed E-state index contributed by atoms with van der Waals surface area (Å²) in [6.07, 6.45) is 0. The minimum Gasteiger partial charge on any atom is -0.496 e. The Hall–Kier alpha value is -1.06. The lowest BCUT2D eigenvalue weighted by Gasteiger charge is -2.23. The van der Waals surface area contributed by atoms with Crippen molar-refractivity contribution in [3.63, 3.8) is 0 Å². The molecule has 1 rings (SSSR count). The average Bonchev–Trinajstić information content (AvgIpc) is 2.18. The van der Waals surface area contributed by atoms with Gasteiger partial charge in [0.15, 0.2) is 0 Å². The molecular formula is C11H16O3. The van der Waals surface area contributed by atoms with E-state index >= 15 is 0 Å². The Bertz CT molecular complexity index is 318. The molecule has 0 heterocycles. The van der Waals surface area contributed by atoms with E-state index in [0.717, 1.165) is 5.56 Å². The molecule has 3 nitrogen and oxygen atoms in total. The lowest BCUT2D eigenvalue weighted by Crippen LogP contribution is -2.26. The molecule has 1 aromatic carbocycles. The fourth-order valence-corrected chi connectivity index (χ4v) is 1.33. The van der Waals surface area contributed by atoms with E-state index in [1.165, 1.54) is 0 Å². The van der Waals surface area contributed by atoms with Gasteiger partial charge in [0.2, 0.25) is 0 Å². The second kappa shape index (κ2) is 3.98. The largest absolute Gasteiger partial charge is 0.496 e. The average molecular weight is 196 g/mol. The Morgan fingerprint density at radius 1 is 1.43 bits per heavy atom. The van der Waals surface area contributed by atoms with Crippen LogP contribution >= 0.6 is 0 Å². The van der Waals surface area contributed by atoms with Crippen LogP contribution < -0.4 is 4.74 Å². The monoisotopic (exact) mass is 196 g/mol. The lowest BCUT2D eigenvalue weighted by molar-refractivity contribution is -0.00406. The van der Waals surface area contributed by atoms with E-state index in [9.17, 15) is 5.11 Å². The molecule has 1 atom stereocenters. The van der Waals surface area contributed by atoms with E-state index < -0.39 is 5.60 Å². The van der Waals surface area contributed by atoms with Crippen molar-refractivity contribution in [2.75, 3.05) is 13.7 Å². The number of aliphatic hydroxyl groups excluding tert-OH is 1. The summed E-state index contributed by atoms with van der Waals surface area (Å²) in [6, 6.07) is 5.50. The van der Waals surface area contributed by atoms with Gasteiger partial charge < -0.3 is 14.9 Å². The molecule has 1 unspecified atom stereocenters. The minimum atomic E-state index is -1.25. The number of ether oxygens (including phenoxy) is 1. The molecule has 78 valence electrons. The molecule has 0 radical (unpaired) electrons. The molecule has 2 N–H and O–H groups in total. The molecule has 0 saturated heterocycles. The molecule has 0 aromatic heterocycles. The Balaban J connectivity index is 3.23. The van der Waals surface area contributed by atoms with Gasteiger partial charge in [0.25, 0.3) is 0 Å². The summed E-state index contributed by atoms with van der Waals surface area (Å²) >= 11 is 0. The smallest absolute Gasteiger partial charge is 0.125 e. The molecule has 1 aromatic rings. The molecule has 0 bridgehead atoms. The van der Waals surface area contributed by atoms with Gasteiger partial charge in [0.05, 0.1) is 13.7 Å². The number of hydrogen-bond donors (Lipinski definition) is 2. The van der Waals surface area contributed by atoms with Gasteiger partial charge in [-0.05, 0) is 26.0 Å². The number of rotatable bonds is 3. The molecule has 0 fully saturated rings. The lowest BCUT2D eigenvalue weighted by atomic mass is 9.94. The zero-order valence-corrected chi connectivity index (χ0v) is 8.74. The second-order valence-corrected chi connectivity index (χ2v) is 3.64. The maximum absolute atomic E-state index is 9.90. The van der Waals surface area contributed by atoms with Gasteiger partial charge in [-0.1, -0.05) is 11.6 Å². The van der Waals surface area contributed by atoms with Gasteiger partial charge >= 0.3 is 0 Å². The van der Waals surface area contributed by atoms with Crippen molar-refractivity contribution >= 4 is 0 Å². The van der Waals surface area contributed by atoms with Crippen molar-refractivity contribution < 1.29 is 14.9 Å². The molecule has 3 heteroatoms. The van der Waals surface area contributed by atoms with Crippen molar-refractivity contribution in [3.05, 3.63) is 29.3 Å². The third kappa shape index (κ3) is 2.05. The molecule has 0 amide bonds. The van der Waals surface area contributed by atoms with E-state index in [1.54, 1.807) is 20.1 Å². The Labute approximate surface area is 84.0 Å². The molecule has 0 aliphatic heterocycles. The normalized spacial score (nSPS) is 14.9. The Morgan fingerprint density at radius 3 is 2.57 bits per heavy atom. The van der Waals surface area contributed by atoms with Crippen LogP contribution in [0.1, 0.15) is 18.1 Å². The first-order valence-corrected chi connectivity index (χ1v) is 4.49. The van der Waals surface area contributed by atoms with E-state index in [0.29, 0.717) is 11.3 Å². The van der Waals surface area contributed by atoms with Crippen LogP contribution in [0.25, 0.3) is 0 Å². The molecule has 0 saturated carbocycles. The van der Waals surface area contributed by atoms with Gasteiger partial charge in [0.1, 0.15) is 11.4 Å². The van der Waals surface area contributed by atoms with Gasteiger partial charge in [-0.3, -0.25) is 0 Å². The van der Waals surface area contributed by atoms with Crippen LogP contribution in [0, 0.1) is 6.92 Å². The molecule has 0 aliphatic rings. The van der Waals surface area contributed by atoms with Gasteiger partial charge in [-0.25, -0.2) is 0 Å². The zero-order chi connectivity index (χ0) is 10.8. The number of benzene rings is 1. The quantitative estimate of drug-likeness (QED) is 0.763. The summed E-state index contributed by atoms with van der Waals surface area (Å²) < 4.78 is 5.12. The van der Waals surface area contributed by atoms with E-state index in [4.69, 9.17) is 9.84 Å². The summed E-state index contributed by atoms with van der Waals surface area (Å²) in [5, 5.41) is 19.0. The van der Waals surface area contributed by atoms with Crippen LogP contribution in [-0.4, -0.2) is 23.9 Å². The standard InChI is InChI=1S/C11H16O3/c1-8-4-5-10(14-3)9(6-8)11(2,13)7-12/h4-6,12-13H,7H2,1-3H3. The Kier molecular flexibility index (Phi) is 3.13. The fourth-order valence-electron chi connectivity index (χ4n) is 1.33. The second-order valence-electron chi connectivity index (χ2n) is 3.64. The maximum atomic E-state index is 9.90. The van der Waals surface area contributed by atoms with Crippen LogP contribution in [-0.2, 0) is 5.60 Å². The molecule has 0 spiro atoms. The van der Waals surface area contributed by atoms with Crippen LogP contribution in [0.5, 0.6) is 5.75 Å². The number of hydrogen-bond acceptors (Lipinski definition) is 3. The molecule has 14 heavy (non-hydrogen) atoms. The third-order valence-electron chi connectivity index (χ3n) is 2.24. The van der Waals surface area contributed by atoms with Crippen molar-refractivity contribution in [2.45, 2.75) is 19.4 Å². The fraction of sp³-hybridized carbons (Fsp3) is 0.455. The van der Waals surface area contributed by atoms with Crippen molar-refractivity contribution in [3.8, 4) is 5.75 Å². The van der Waals surface area contributed by atoms with E-state index in [1.807, 2.05) is 19.1 Å². The van der Waals surface area contributed by atoms with Gasteiger partial charge in [-0.15, -0.1) is 0 Å². The topological polar surface area (TPSA) is 49.7 Å². The van der Waals surface area contributed by atoms with E-state index in [-0.39, 0.29) is 6.61 Å². The first-order valence-electron chi connectivity index (χ1n) is 4.49. The summed E-state index contributed by atoms with van der Waals surface area (Å²) in [5.41, 5.74) is 0.384. The van der Waals surface area contributed by atoms with Crippen molar-refractivity contribution in [1.82, 2.24) is 0 Å². The molecular weight excluding hydrogens is 180 g/mol. The van der Waals surface area contributed by atoms with E-state index in [2.05, 4.69) is 0 Å². The highest BCUT2D eigenvalue weighted by atomic mass is 16.5. The summed E-state index contributed by atoms with van der Waals surface area (Å²) in [5.74, 6) is 0.592. The first kappa shape index (κ1) is 11.0. The van der Waals surface area contributed by atoms with Crippen LogP contribution in [0.4, 0.5) is 0 Å². The first-order chi connectivity index (χ1) is 6.51. The van der Waals surface area contributed by atoms with Crippen molar-refractivity contribution in [1.29, 1.82) is 0 Å². The highest BCUT2D eigenvalue weighted by Gasteiger charge is 2.25. The van der Waals surface area contributed by atoms with Gasteiger partial charge in [-0.2, -0.15) is 0 Å². The maximum Gasteiger partial charge on any atom is 0.125 e. The van der Waals surface area contributed by atoms with Crippen LogP contribution in [0.3, 0.4) is 0 Å². The van der Waals surface area contributed by atoms with Gasteiger partial charge in [0, 0.05) is 5.56 Å². The Morgan fingerprint density at radius 2 is 2.07 bits per heavy atom. The van der Waals surface area contributed by atoms with Crippen LogP contribution in [0.15, 0.2) is 18.2 Å². The summed E-state index contributed by atoms with van der Waals surface area (Å²) in [7, 11) is 1.54. The predicted molar refractivity (Wildman–Crippen MR) is 54.4 cm³/mol. The highest BCUT2D eigenvalue weighted by molar-refractivity contribution is 5.40. The highest BCUT2D eigenvalue weighted by Crippen LogP contribution is 2.30. The van der Waals surface area contributed by atoms with Crippen LogP contribution in [0.2, 0.25) is 0 Å². The predicted octanol–water partition coefficient (Wildman–Crippen LogP) is 1.20. The number of methoxy groups -OCH3 is 1. The minimum absolute atomic E-state index is 0.327. The van der Waals surface area contributed by atoms with Crippen molar-refractivity contribution in [2.24, 2.45) is 0 Å². The number of aryl methyl sites for hydroxylation is 1. The SMILES string of the molecule is COc1ccc(C)cc1C(C)(O)CO. The molecule has 0 aliphatic carbocycles. The third-order valence-corrected chi connectivity index (χ3v) is 2.24. The summed E-state index contributed by atoms with van der Waals surface area (Å²) in [4.78, 5) is 0. The summed E-state index contributed by atoms with van der Waals surface area (Å²) in [6.45, 7) is 3.16. The number of aliphatic hydroxyl groups is 2.